The quantitative estimate of drug-likeness (QED) is 0.418. The van der Waals surface area contributed by atoms with Gasteiger partial charge in [0.1, 0.15) is 5.75 Å². The Labute approximate surface area is 181 Å². The van der Waals surface area contributed by atoms with Crippen LogP contribution in [0.4, 0.5) is 0 Å². The number of hydrogen-bond acceptors (Lipinski definition) is 2. The Morgan fingerprint density at radius 3 is 1.87 bits per heavy atom. The highest BCUT2D eigenvalue weighted by atomic mass is 16.5. The lowest BCUT2D eigenvalue weighted by atomic mass is 9.53. The Kier molecular flexibility index (Phi) is 5.17. The molecule has 3 nitrogen and oxygen atoms in total. The van der Waals surface area contributed by atoms with Crippen molar-refractivity contribution in [3.63, 3.8) is 0 Å². The third kappa shape index (κ3) is 3.57. The van der Waals surface area contributed by atoms with Gasteiger partial charge in [-0.1, -0.05) is 97.1 Å². The zero-order valence-electron chi connectivity index (χ0n) is 17.1. The molecule has 0 spiro atoms. The zero-order chi connectivity index (χ0) is 21.2. The van der Waals surface area contributed by atoms with Gasteiger partial charge >= 0.3 is 5.97 Å². The molecule has 3 heteroatoms. The summed E-state index contributed by atoms with van der Waals surface area (Å²) in [6.45, 7) is 0.469. The monoisotopic (exact) mass is 408 g/mol. The number of rotatable bonds is 6. The number of aliphatic carboxylic acids is 1. The van der Waals surface area contributed by atoms with Gasteiger partial charge in [0, 0.05) is 23.1 Å². The number of carboxylic acid groups (broad SMARTS) is 1. The van der Waals surface area contributed by atoms with Crippen LogP contribution in [0.25, 0.3) is 10.8 Å². The molecule has 1 N–H and O–H groups in total. The Morgan fingerprint density at radius 1 is 0.710 bits per heavy atom. The van der Waals surface area contributed by atoms with Gasteiger partial charge in [-0.15, -0.1) is 0 Å². The summed E-state index contributed by atoms with van der Waals surface area (Å²) in [5.74, 6) is -0.465. The van der Waals surface area contributed by atoms with Crippen LogP contribution in [0, 0.1) is 11.8 Å². The van der Waals surface area contributed by atoms with Crippen LogP contribution in [0.3, 0.4) is 0 Å². The molecule has 5 rings (SSSR count). The summed E-state index contributed by atoms with van der Waals surface area (Å²) >= 11 is 0. The SMILES string of the molecule is O=C(O)C1[C@H](c2ccccc2)C(COc2cccc3ccccc23)[C@H]1c1ccccc1. The third-order valence-electron chi connectivity index (χ3n) is 6.53. The van der Waals surface area contributed by atoms with Gasteiger partial charge in [-0.25, -0.2) is 0 Å². The molecular formula is C28H24O3. The van der Waals surface area contributed by atoms with Gasteiger partial charge in [0.25, 0.3) is 0 Å². The molecule has 1 saturated carbocycles. The first-order valence-electron chi connectivity index (χ1n) is 10.7. The molecule has 31 heavy (non-hydrogen) atoms. The minimum atomic E-state index is -0.746. The third-order valence-corrected chi connectivity index (χ3v) is 6.53. The van der Waals surface area contributed by atoms with Crippen molar-refractivity contribution < 1.29 is 14.6 Å². The fourth-order valence-electron chi connectivity index (χ4n) is 5.12. The average Bonchev–Trinajstić information content (AvgIpc) is 2.80. The van der Waals surface area contributed by atoms with Crippen molar-refractivity contribution in [2.45, 2.75) is 11.8 Å². The van der Waals surface area contributed by atoms with Crippen LogP contribution >= 0.6 is 0 Å². The molecule has 0 radical (unpaired) electrons. The van der Waals surface area contributed by atoms with Gasteiger partial charge in [0.05, 0.1) is 12.5 Å². The Morgan fingerprint density at radius 2 is 1.26 bits per heavy atom. The minimum Gasteiger partial charge on any atom is -0.493 e. The Hall–Kier alpha value is -3.59. The number of benzene rings is 4. The molecular weight excluding hydrogens is 384 g/mol. The first-order chi connectivity index (χ1) is 15.2. The van der Waals surface area contributed by atoms with Crippen molar-refractivity contribution in [3.8, 4) is 5.75 Å². The van der Waals surface area contributed by atoms with Crippen LogP contribution in [0.1, 0.15) is 23.0 Å². The van der Waals surface area contributed by atoms with Crippen LogP contribution in [0.2, 0.25) is 0 Å². The maximum absolute atomic E-state index is 12.3. The molecule has 0 aliphatic heterocycles. The molecule has 1 fully saturated rings. The number of carboxylic acids is 1. The van der Waals surface area contributed by atoms with E-state index in [2.05, 4.69) is 18.2 Å². The van der Waals surface area contributed by atoms with E-state index in [0.717, 1.165) is 27.6 Å². The summed E-state index contributed by atoms with van der Waals surface area (Å²) in [7, 11) is 0. The second-order valence-corrected chi connectivity index (χ2v) is 8.19. The minimum absolute atomic E-state index is 0.0740. The highest BCUT2D eigenvalue weighted by Crippen LogP contribution is 2.57. The molecule has 0 saturated heterocycles. The van der Waals surface area contributed by atoms with E-state index in [-0.39, 0.29) is 17.8 Å². The summed E-state index contributed by atoms with van der Waals surface area (Å²) in [5, 5.41) is 12.3. The molecule has 0 bridgehead atoms. The largest absolute Gasteiger partial charge is 0.493 e. The fraction of sp³-hybridized carbons (Fsp3) is 0.179. The maximum atomic E-state index is 12.3. The van der Waals surface area contributed by atoms with Crippen molar-refractivity contribution in [2.75, 3.05) is 6.61 Å². The van der Waals surface area contributed by atoms with E-state index in [9.17, 15) is 9.90 Å². The van der Waals surface area contributed by atoms with Crippen LogP contribution in [0.5, 0.6) is 5.75 Å². The predicted molar refractivity (Wildman–Crippen MR) is 122 cm³/mol. The number of fused-ring (bicyclic) bond motifs is 1. The van der Waals surface area contributed by atoms with Crippen LogP contribution in [-0.2, 0) is 4.79 Å². The van der Waals surface area contributed by atoms with E-state index in [0.29, 0.717) is 6.61 Å². The lowest BCUT2D eigenvalue weighted by molar-refractivity contribution is -0.150. The summed E-state index contributed by atoms with van der Waals surface area (Å²) in [6.07, 6.45) is 0. The van der Waals surface area contributed by atoms with Crippen LogP contribution in [0.15, 0.2) is 103 Å². The number of hydrogen-bond donors (Lipinski definition) is 1. The van der Waals surface area contributed by atoms with E-state index < -0.39 is 11.9 Å². The first kappa shape index (κ1) is 19.4. The highest BCUT2D eigenvalue weighted by Gasteiger charge is 2.55. The van der Waals surface area contributed by atoms with Gasteiger partial charge in [0.15, 0.2) is 0 Å². The van der Waals surface area contributed by atoms with Gasteiger partial charge in [-0.2, -0.15) is 0 Å². The zero-order valence-corrected chi connectivity index (χ0v) is 17.1. The first-order valence-corrected chi connectivity index (χ1v) is 10.7. The second-order valence-electron chi connectivity index (χ2n) is 8.19. The number of carbonyl (C=O) groups is 1. The van der Waals surface area contributed by atoms with E-state index in [4.69, 9.17) is 4.74 Å². The Bertz CT molecular complexity index is 1130. The highest BCUT2D eigenvalue weighted by molar-refractivity contribution is 5.88. The van der Waals surface area contributed by atoms with Crippen LogP contribution in [-0.4, -0.2) is 17.7 Å². The average molecular weight is 408 g/mol. The molecule has 0 unspecified atom stereocenters. The summed E-state index contributed by atoms with van der Waals surface area (Å²) < 4.78 is 6.36. The molecule has 1 aliphatic carbocycles. The topological polar surface area (TPSA) is 46.5 Å². The number of ether oxygens (including phenoxy) is 1. The van der Waals surface area contributed by atoms with Crippen molar-refractivity contribution in [3.05, 3.63) is 114 Å². The molecule has 2 atom stereocenters. The van der Waals surface area contributed by atoms with E-state index >= 15 is 0 Å². The maximum Gasteiger partial charge on any atom is 0.307 e. The molecule has 154 valence electrons. The molecule has 4 aromatic carbocycles. The molecule has 0 heterocycles. The molecule has 4 aromatic rings. The lowest BCUT2D eigenvalue weighted by Crippen LogP contribution is -2.49. The van der Waals surface area contributed by atoms with E-state index in [1.165, 1.54) is 0 Å². The van der Waals surface area contributed by atoms with Crippen molar-refractivity contribution in [1.82, 2.24) is 0 Å². The molecule has 1 aliphatic rings. The second kappa shape index (κ2) is 8.27. The van der Waals surface area contributed by atoms with Gasteiger partial charge in [-0.05, 0) is 22.6 Å². The molecule has 0 amide bonds. The predicted octanol–water partition coefficient (Wildman–Crippen LogP) is 6.12. The van der Waals surface area contributed by atoms with Gasteiger partial charge < -0.3 is 9.84 Å². The van der Waals surface area contributed by atoms with E-state index in [1.807, 2.05) is 84.9 Å². The van der Waals surface area contributed by atoms with Crippen molar-refractivity contribution in [1.29, 1.82) is 0 Å². The van der Waals surface area contributed by atoms with Gasteiger partial charge in [0.2, 0.25) is 0 Å². The molecule has 0 aromatic heterocycles. The van der Waals surface area contributed by atoms with Gasteiger partial charge in [-0.3, -0.25) is 4.79 Å². The normalized spacial score (nSPS) is 22.6. The standard InChI is InChI=1S/C28H24O3/c29-28(30)27-25(20-11-3-1-4-12-20)23(26(27)21-13-5-2-6-14-21)18-31-24-17-9-15-19-10-7-8-16-22(19)24/h1-17,23,25-27H,18H2,(H,29,30)/t23?,25-,26-,27?/m1/s1. The van der Waals surface area contributed by atoms with Crippen molar-refractivity contribution in [2.24, 2.45) is 11.8 Å². The van der Waals surface area contributed by atoms with Crippen LogP contribution < -0.4 is 4.74 Å². The summed E-state index contributed by atoms with van der Waals surface area (Å²) in [5.41, 5.74) is 2.13. The lowest BCUT2D eigenvalue weighted by Gasteiger charge is -2.50. The Balaban J connectivity index is 1.50. The fourth-order valence-corrected chi connectivity index (χ4v) is 5.12. The van der Waals surface area contributed by atoms with E-state index in [1.54, 1.807) is 0 Å². The van der Waals surface area contributed by atoms with Crippen molar-refractivity contribution >= 4 is 16.7 Å². The summed E-state index contributed by atoms with van der Waals surface area (Å²) in [6, 6.07) is 34.2. The smallest absolute Gasteiger partial charge is 0.307 e. The summed E-state index contributed by atoms with van der Waals surface area (Å²) in [4.78, 5) is 12.3.